The van der Waals surface area contributed by atoms with E-state index in [4.69, 9.17) is 10.2 Å². The monoisotopic (exact) mass is 580 g/mol. The summed E-state index contributed by atoms with van der Waals surface area (Å²) in [6, 6.07) is 4.10. The van der Waals surface area contributed by atoms with Gasteiger partial charge in [-0.1, -0.05) is 11.8 Å². The maximum atomic E-state index is 13.2. The van der Waals surface area contributed by atoms with E-state index >= 15 is 0 Å². The van der Waals surface area contributed by atoms with Crippen molar-refractivity contribution < 1.29 is 19.8 Å². The molecule has 2 aliphatic heterocycles. The van der Waals surface area contributed by atoms with E-state index in [1.165, 1.54) is 16.6 Å². The second kappa shape index (κ2) is 12.3. The lowest BCUT2D eigenvalue weighted by molar-refractivity contribution is -0.134. The van der Waals surface area contributed by atoms with Gasteiger partial charge in [-0.2, -0.15) is 0 Å². The van der Waals surface area contributed by atoms with Gasteiger partial charge >= 0.3 is 11.9 Å². The van der Waals surface area contributed by atoms with Crippen molar-refractivity contribution in [2.45, 2.75) is 25.7 Å². The largest absolute Gasteiger partial charge is 0.478 e. The molecule has 2 N–H and O–H groups in total. The van der Waals surface area contributed by atoms with Crippen LogP contribution in [-0.4, -0.2) is 81.1 Å². The van der Waals surface area contributed by atoms with Crippen LogP contribution in [0.2, 0.25) is 0 Å². The molecule has 1 aromatic rings. The van der Waals surface area contributed by atoms with E-state index in [9.17, 15) is 14.4 Å². The van der Waals surface area contributed by atoms with Crippen molar-refractivity contribution in [1.29, 1.82) is 0 Å². The number of carboxylic acids is 2. The van der Waals surface area contributed by atoms with Gasteiger partial charge in [-0.15, -0.1) is 0 Å². The van der Waals surface area contributed by atoms with Crippen molar-refractivity contribution in [2.24, 2.45) is 0 Å². The number of aromatic nitrogens is 2. The molecule has 0 spiro atoms. The molecule has 5 rings (SSSR count). The molecule has 0 radical (unpaired) electrons. The number of fused-ring (bicyclic) bond motifs is 2. The lowest BCUT2D eigenvalue weighted by Crippen LogP contribution is -2.44. The predicted molar refractivity (Wildman–Crippen MR) is 148 cm³/mol. The van der Waals surface area contributed by atoms with Gasteiger partial charge in [0, 0.05) is 67.2 Å². The van der Waals surface area contributed by atoms with E-state index in [2.05, 4.69) is 66.3 Å². The summed E-state index contributed by atoms with van der Waals surface area (Å²) in [4.78, 5) is 41.7. The van der Waals surface area contributed by atoms with Gasteiger partial charge in [-0.3, -0.25) is 14.7 Å². The lowest BCUT2D eigenvalue weighted by atomic mass is 9.98. The van der Waals surface area contributed by atoms with Crippen molar-refractivity contribution in [3.05, 3.63) is 68.1 Å². The Morgan fingerprint density at radius 2 is 1.76 bits per heavy atom. The number of carboxylic acid groups (broad SMARTS) is 2. The zero-order valence-corrected chi connectivity index (χ0v) is 22.7. The molecule has 9 nitrogen and oxygen atoms in total. The second-order valence-electron chi connectivity index (χ2n) is 9.36. The molecule has 198 valence electrons. The molecule has 38 heavy (non-hydrogen) atoms. The fourth-order valence-corrected chi connectivity index (χ4v) is 5.35. The smallest absolute Gasteiger partial charge is 0.328 e. The summed E-state index contributed by atoms with van der Waals surface area (Å²) in [6.07, 6.45) is 8.76. The first-order chi connectivity index (χ1) is 18.2. The molecule has 0 unspecified atom stereocenters. The lowest BCUT2D eigenvalue weighted by Gasteiger charge is -2.30. The van der Waals surface area contributed by atoms with Gasteiger partial charge in [0.1, 0.15) is 5.69 Å². The summed E-state index contributed by atoms with van der Waals surface area (Å²) in [5.74, 6) is 3.96. The quantitative estimate of drug-likeness (QED) is 0.357. The van der Waals surface area contributed by atoms with E-state index in [-0.39, 0.29) is 5.43 Å². The molecule has 0 aromatic carbocycles. The van der Waals surface area contributed by atoms with Crippen LogP contribution in [0.5, 0.6) is 0 Å². The van der Waals surface area contributed by atoms with Crippen molar-refractivity contribution in [2.75, 3.05) is 39.8 Å². The number of carbonyl (C=O) groups is 2. The molecule has 0 saturated carbocycles. The van der Waals surface area contributed by atoms with Gasteiger partial charge < -0.3 is 19.5 Å². The highest BCUT2D eigenvalue weighted by molar-refractivity contribution is 9.10. The summed E-state index contributed by atoms with van der Waals surface area (Å²) in [6.45, 7) is 5.04. The van der Waals surface area contributed by atoms with E-state index in [0.717, 1.165) is 62.2 Å². The second-order valence-corrected chi connectivity index (χ2v) is 10.2. The average Bonchev–Trinajstić information content (AvgIpc) is 3.23. The Balaban J connectivity index is 0.000000368. The first-order valence-electron chi connectivity index (χ1n) is 12.4. The summed E-state index contributed by atoms with van der Waals surface area (Å²) in [5, 5.41) is 15.6. The maximum Gasteiger partial charge on any atom is 0.328 e. The first-order valence-corrected chi connectivity index (χ1v) is 13.2. The molecule has 1 fully saturated rings. The number of hydrogen-bond acceptors (Lipinski definition) is 6. The van der Waals surface area contributed by atoms with Gasteiger partial charge in [0.2, 0.25) is 5.43 Å². The molecule has 3 heterocycles. The zero-order valence-electron chi connectivity index (χ0n) is 21.1. The summed E-state index contributed by atoms with van der Waals surface area (Å²) in [7, 11) is 2.15. The Bertz CT molecular complexity index is 1460. The van der Waals surface area contributed by atoms with E-state index < -0.39 is 11.9 Å². The van der Waals surface area contributed by atoms with Gasteiger partial charge in [0.25, 0.3) is 0 Å². The number of benzene rings is 1. The molecule has 1 saturated heterocycles. The van der Waals surface area contributed by atoms with Crippen molar-refractivity contribution in [1.82, 2.24) is 19.2 Å². The molecule has 10 heteroatoms. The SMILES string of the molecule is CN1CCN(CC#CCc2cc(Br)c3n4ccc5c4c(cnc-3c2=O)CCC5)CC1.O=C(O)/C=C/C(=O)O. The topological polar surface area (TPSA) is 115 Å². The molecular weight excluding hydrogens is 552 g/mol. The third kappa shape index (κ3) is 6.48. The van der Waals surface area contributed by atoms with Gasteiger partial charge in [0.15, 0.2) is 0 Å². The molecule has 2 aliphatic carbocycles. The minimum atomic E-state index is -1.26. The third-order valence-electron chi connectivity index (χ3n) is 6.69. The zero-order chi connectivity index (χ0) is 27.2. The Kier molecular flexibility index (Phi) is 8.94. The maximum absolute atomic E-state index is 13.2. The van der Waals surface area contributed by atoms with Crippen LogP contribution in [0.25, 0.3) is 16.9 Å². The van der Waals surface area contributed by atoms with Crippen LogP contribution >= 0.6 is 15.9 Å². The first kappa shape index (κ1) is 27.5. The van der Waals surface area contributed by atoms with Crippen LogP contribution in [0.15, 0.2) is 45.9 Å². The highest BCUT2D eigenvalue weighted by Gasteiger charge is 2.22. The highest BCUT2D eigenvalue weighted by Crippen LogP contribution is 2.32. The Hall–Kier alpha value is -3.52. The van der Waals surface area contributed by atoms with Crippen LogP contribution in [0.1, 0.15) is 23.1 Å². The minimum Gasteiger partial charge on any atom is -0.478 e. The van der Waals surface area contributed by atoms with Gasteiger partial charge in [0.05, 0.1) is 17.8 Å². The van der Waals surface area contributed by atoms with Gasteiger partial charge in [-0.05, 0) is 65.5 Å². The molecule has 1 aromatic heterocycles. The molecule has 4 aliphatic rings. The number of nitrogens with zero attached hydrogens (tertiary/aromatic N) is 4. The van der Waals surface area contributed by atoms with Crippen molar-refractivity contribution in [3.63, 3.8) is 0 Å². The van der Waals surface area contributed by atoms with Crippen molar-refractivity contribution in [3.8, 4) is 23.2 Å². The number of aryl methyl sites for hydroxylation is 2. The summed E-state index contributed by atoms with van der Waals surface area (Å²) in [5.41, 5.74) is 5.83. The van der Waals surface area contributed by atoms with Crippen LogP contribution in [0.3, 0.4) is 0 Å². The van der Waals surface area contributed by atoms with Crippen LogP contribution in [0.4, 0.5) is 0 Å². The molecule has 0 bridgehead atoms. The molecule has 0 atom stereocenters. The van der Waals surface area contributed by atoms with Gasteiger partial charge in [-0.25, -0.2) is 9.59 Å². The fourth-order valence-electron chi connectivity index (χ4n) is 4.69. The van der Waals surface area contributed by atoms with Crippen LogP contribution in [0, 0.1) is 11.8 Å². The van der Waals surface area contributed by atoms with E-state index in [0.29, 0.717) is 29.8 Å². The number of piperazine rings is 1. The minimum absolute atomic E-state index is 0.0138. The number of aliphatic carboxylic acids is 2. The number of likely N-dealkylation sites (N-methyl/N-ethyl adjacent to an activating group) is 1. The Morgan fingerprint density at radius 1 is 1.08 bits per heavy atom. The highest BCUT2D eigenvalue weighted by atomic mass is 79.9. The van der Waals surface area contributed by atoms with Crippen LogP contribution < -0.4 is 5.43 Å². The number of hydrogen-bond donors (Lipinski definition) is 2. The van der Waals surface area contributed by atoms with E-state index in [1.54, 1.807) is 0 Å². The third-order valence-corrected chi connectivity index (χ3v) is 7.29. The fraction of sp³-hybridized carbons (Fsp3) is 0.357. The van der Waals surface area contributed by atoms with E-state index in [1.807, 2.05) is 12.3 Å². The average molecular weight is 581 g/mol. The summed E-state index contributed by atoms with van der Waals surface area (Å²) < 4.78 is 3.04. The number of halogens is 1. The van der Waals surface area contributed by atoms with Crippen LogP contribution in [-0.2, 0) is 28.9 Å². The van der Waals surface area contributed by atoms with Crippen molar-refractivity contribution >= 4 is 33.4 Å². The number of rotatable bonds is 4. The summed E-state index contributed by atoms with van der Waals surface area (Å²) >= 11 is 3.71. The molecular formula is C28H29BrN4O5. The normalized spacial score (nSPS) is 15.6. The predicted octanol–water partition coefficient (Wildman–Crippen LogP) is 2.56. The Morgan fingerprint density at radius 3 is 2.45 bits per heavy atom. The Labute approximate surface area is 228 Å². The molecule has 0 amide bonds. The standard InChI is InChI=1S/C24H25BrN4O.C4H4O4/c1-27-11-13-28(14-12-27)9-3-2-5-18-15-20(25)23-21(24(18)30)26-16-19-7-4-6-17-8-10-29(23)22(17)19;5-3(6)1-2-4(7)8/h8,10,15-16H,4-7,9,11-14H2,1H3;1-2H,(H,5,6)(H,7,8)/b;2-1+.